The van der Waals surface area contributed by atoms with Crippen molar-refractivity contribution in [3.63, 3.8) is 0 Å². The number of benzene rings is 2. The van der Waals surface area contributed by atoms with Gasteiger partial charge in [-0.05, 0) is 65.7 Å². The number of H-pyrrole nitrogens is 1. The molecule has 0 saturated carbocycles. The minimum Gasteiger partial charge on any atom is -0.453 e. The highest BCUT2D eigenvalue weighted by Crippen LogP contribution is 2.36. The highest BCUT2D eigenvalue weighted by atomic mass is 35.5. The molecule has 0 unspecified atom stereocenters. The number of nitrogens with one attached hydrogen (secondary N) is 4. The molecule has 2 aromatic heterocycles. The summed E-state index contributed by atoms with van der Waals surface area (Å²) in [5.41, 5.74) is 3.05. The summed E-state index contributed by atoms with van der Waals surface area (Å²) in [4.78, 5) is 45.4. The second-order valence-corrected chi connectivity index (χ2v) is 10.5. The van der Waals surface area contributed by atoms with Crippen molar-refractivity contribution >= 4 is 58.6 Å². The first-order chi connectivity index (χ1) is 20.8. The van der Waals surface area contributed by atoms with Crippen molar-refractivity contribution in [3.8, 4) is 16.9 Å². The first-order valence-corrected chi connectivity index (χ1v) is 14.1. The summed E-state index contributed by atoms with van der Waals surface area (Å²) < 4.78 is 6.14. The van der Waals surface area contributed by atoms with Crippen molar-refractivity contribution in [1.82, 2.24) is 35.5 Å². The predicted molar refractivity (Wildman–Crippen MR) is 161 cm³/mol. The van der Waals surface area contributed by atoms with E-state index in [0.29, 0.717) is 64.0 Å². The Kier molecular flexibility index (Phi) is 9.32. The van der Waals surface area contributed by atoms with Gasteiger partial charge in [0.1, 0.15) is 23.0 Å². The second kappa shape index (κ2) is 13.5. The minimum atomic E-state index is -0.648. The Labute approximate surface area is 256 Å². The standard InChI is InChI=1S/C28H27Cl2N9O4/c1-43-28(42)32-18-9-10-19-21(14-18)34-23(40)6-4-2-3-5-20(27-35-25(19)26(30)36-27)33-24(41)12-7-16-13-17(29)8-11-22(16)39-15-31-37-38-39/h7-15,20H,2-6H2,1H3,(H,32,42)(H,33,41)(H,34,40)(H,35,36)/b12-7+/t20-/m0/s1. The Morgan fingerprint density at radius 2 is 2.00 bits per heavy atom. The third kappa shape index (κ3) is 7.37. The van der Waals surface area contributed by atoms with E-state index in [9.17, 15) is 14.4 Å². The number of nitrogens with zero attached hydrogens (tertiary/aromatic N) is 5. The van der Waals surface area contributed by atoms with Gasteiger partial charge in [0.25, 0.3) is 0 Å². The average Bonchev–Trinajstić information content (AvgIpc) is 3.65. The molecule has 15 heteroatoms. The van der Waals surface area contributed by atoms with Gasteiger partial charge < -0.3 is 20.4 Å². The van der Waals surface area contributed by atoms with Crippen LogP contribution in [0.4, 0.5) is 16.2 Å². The lowest BCUT2D eigenvalue weighted by atomic mass is 10.1. The van der Waals surface area contributed by atoms with Crippen molar-refractivity contribution in [1.29, 1.82) is 0 Å². The van der Waals surface area contributed by atoms with E-state index in [-0.39, 0.29) is 17.0 Å². The van der Waals surface area contributed by atoms with Crippen LogP contribution in [0.25, 0.3) is 23.0 Å². The molecule has 0 saturated heterocycles. The minimum absolute atomic E-state index is 0.181. The summed E-state index contributed by atoms with van der Waals surface area (Å²) in [6.45, 7) is 0. The van der Waals surface area contributed by atoms with Crippen LogP contribution in [-0.2, 0) is 14.3 Å². The van der Waals surface area contributed by atoms with E-state index in [2.05, 4.69) is 41.2 Å². The Morgan fingerprint density at radius 3 is 2.79 bits per heavy atom. The van der Waals surface area contributed by atoms with E-state index in [1.165, 1.54) is 24.2 Å². The fourth-order valence-electron chi connectivity index (χ4n) is 4.64. The number of hydrogen-bond acceptors (Lipinski definition) is 8. The van der Waals surface area contributed by atoms with Gasteiger partial charge in [-0.2, -0.15) is 4.68 Å². The van der Waals surface area contributed by atoms with Crippen molar-refractivity contribution in [3.05, 3.63) is 70.4 Å². The zero-order chi connectivity index (χ0) is 30.3. The highest BCUT2D eigenvalue weighted by molar-refractivity contribution is 6.32. The monoisotopic (exact) mass is 623 g/mol. The van der Waals surface area contributed by atoms with E-state index >= 15 is 0 Å². The van der Waals surface area contributed by atoms with Crippen LogP contribution in [0.2, 0.25) is 10.2 Å². The van der Waals surface area contributed by atoms with Crippen LogP contribution in [0.15, 0.2) is 48.8 Å². The van der Waals surface area contributed by atoms with Crippen LogP contribution in [0.5, 0.6) is 0 Å². The summed E-state index contributed by atoms with van der Waals surface area (Å²) in [6.07, 6.45) is 6.84. The van der Waals surface area contributed by atoms with E-state index in [1.54, 1.807) is 42.5 Å². The van der Waals surface area contributed by atoms with Crippen LogP contribution in [-0.4, -0.2) is 55.2 Å². The van der Waals surface area contributed by atoms with Crippen molar-refractivity contribution in [2.45, 2.75) is 38.1 Å². The van der Waals surface area contributed by atoms with Crippen LogP contribution < -0.4 is 16.0 Å². The van der Waals surface area contributed by atoms with Crippen molar-refractivity contribution in [2.24, 2.45) is 0 Å². The number of rotatable bonds is 5. The van der Waals surface area contributed by atoms with Crippen LogP contribution >= 0.6 is 23.2 Å². The first kappa shape index (κ1) is 29.7. The second-order valence-electron chi connectivity index (χ2n) is 9.66. The topological polar surface area (TPSA) is 169 Å². The predicted octanol–water partition coefficient (Wildman–Crippen LogP) is 5.31. The maximum atomic E-state index is 13.1. The van der Waals surface area contributed by atoms with Gasteiger partial charge in [-0.3, -0.25) is 14.9 Å². The summed E-state index contributed by atoms with van der Waals surface area (Å²) in [7, 11) is 1.26. The molecule has 13 nitrogen and oxygen atoms in total. The molecule has 0 aliphatic carbocycles. The number of tetrazole rings is 1. The Balaban J connectivity index is 1.42. The Morgan fingerprint density at radius 1 is 1.14 bits per heavy atom. The number of imidazole rings is 1. The largest absolute Gasteiger partial charge is 0.453 e. The number of hydrogen-bond donors (Lipinski definition) is 4. The van der Waals surface area contributed by atoms with E-state index in [4.69, 9.17) is 28.2 Å². The summed E-state index contributed by atoms with van der Waals surface area (Å²) in [5, 5.41) is 20.5. The van der Waals surface area contributed by atoms with Gasteiger partial charge in [0.2, 0.25) is 11.8 Å². The van der Waals surface area contributed by atoms with E-state index in [1.807, 2.05) is 0 Å². The molecule has 4 aromatic rings. The van der Waals surface area contributed by atoms with Gasteiger partial charge in [-0.15, -0.1) is 5.10 Å². The number of anilines is 2. The van der Waals surface area contributed by atoms with Gasteiger partial charge in [-0.25, -0.2) is 9.78 Å². The molecule has 1 aliphatic rings. The third-order valence-electron chi connectivity index (χ3n) is 6.70. The van der Waals surface area contributed by atoms with Gasteiger partial charge in [0.15, 0.2) is 0 Å². The van der Waals surface area contributed by atoms with E-state index < -0.39 is 12.1 Å². The van der Waals surface area contributed by atoms with Gasteiger partial charge in [0, 0.05) is 34.3 Å². The first-order valence-electron chi connectivity index (χ1n) is 13.4. The normalized spacial score (nSPS) is 15.4. The number of carbonyl (C=O) groups is 3. The lowest BCUT2D eigenvalue weighted by Gasteiger charge is -2.16. The lowest BCUT2D eigenvalue weighted by Crippen LogP contribution is -2.27. The number of ether oxygens (including phenoxy) is 1. The molecular weight excluding hydrogens is 597 g/mol. The molecule has 3 heterocycles. The average molecular weight is 624 g/mol. The maximum absolute atomic E-state index is 13.1. The Hall–Kier alpha value is -4.75. The van der Waals surface area contributed by atoms with Crippen molar-refractivity contribution in [2.75, 3.05) is 17.7 Å². The number of methoxy groups -OCH3 is 1. The highest BCUT2D eigenvalue weighted by Gasteiger charge is 2.23. The smallest absolute Gasteiger partial charge is 0.411 e. The summed E-state index contributed by atoms with van der Waals surface area (Å²) >= 11 is 12.8. The van der Waals surface area contributed by atoms with Gasteiger partial charge in [-0.1, -0.05) is 36.0 Å². The molecule has 43 heavy (non-hydrogen) atoms. The van der Waals surface area contributed by atoms with E-state index in [0.717, 1.165) is 12.8 Å². The maximum Gasteiger partial charge on any atom is 0.411 e. The molecular formula is C28H27Cl2N9O4. The fourth-order valence-corrected chi connectivity index (χ4v) is 5.06. The molecule has 1 atom stereocenters. The number of halogens is 2. The molecule has 222 valence electrons. The SMILES string of the molecule is COC(=O)Nc1ccc2c(c1)NC(=O)CCCCC[C@H](NC(=O)/C=C/c1cc(Cl)ccc1-n1cnnn1)c1nc-2c(Cl)[nH]1. The molecule has 2 aromatic carbocycles. The van der Waals surface area contributed by atoms with Crippen LogP contribution in [0.1, 0.15) is 49.5 Å². The molecule has 4 N–H and O–H groups in total. The summed E-state index contributed by atoms with van der Waals surface area (Å²) in [6, 6.07) is 9.62. The van der Waals surface area contributed by atoms with Crippen LogP contribution in [0, 0.1) is 0 Å². The number of carbonyl (C=O) groups excluding carboxylic acids is 3. The quantitative estimate of drug-likeness (QED) is 0.217. The Bertz CT molecular complexity index is 1670. The number of aromatic nitrogens is 6. The lowest BCUT2D eigenvalue weighted by molar-refractivity contribution is -0.117. The fraction of sp³-hybridized carbons (Fsp3) is 0.250. The third-order valence-corrected chi connectivity index (χ3v) is 7.21. The number of amides is 3. The molecule has 1 aliphatic heterocycles. The van der Waals surface area contributed by atoms with Crippen LogP contribution in [0.3, 0.4) is 0 Å². The summed E-state index contributed by atoms with van der Waals surface area (Å²) in [5.74, 6) is -0.0754. The molecule has 0 radical (unpaired) electrons. The number of aromatic amines is 1. The van der Waals surface area contributed by atoms with Gasteiger partial charge >= 0.3 is 6.09 Å². The zero-order valence-electron chi connectivity index (χ0n) is 22.9. The molecule has 3 amide bonds. The zero-order valence-corrected chi connectivity index (χ0v) is 24.4. The van der Waals surface area contributed by atoms with Crippen molar-refractivity contribution < 1.29 is 19.1 Å². The number of fused-ring (bicyclic) bond motifs is 4. The molecule has 0 fully saturated rings. The molecule has 5 rings (SSSR count). The molecule has 0 spiro atoms. The molecule has 2 bridgehead atoms. The van der Waals surface area contributed by atoms with Gasteiger partial charge in [0.05, 0.1) is 24.5 Å².